The smallest absolute Gasteiger partial charge is 0.0438 e. The Balaban J connectivity index is 2.04. The summed E-state index contributed by atoms with van der Waals surface area (Å²) in [6, 6.07) is 10.2. The molecule has 0 amide bonds. The zero-order valence-electron chi connectivity index (χ0n) is 12.2. The molecule has 1 aromatic carbocycles. The maximum absolute atomic E-state index is 6.26. The Hall–Kier alpha value is -0.750. The van der Waals surface area contributed by atoms with Gasteiger partial charge in [-0.3, -0.25) is 0 Å². The molecule has 0 radical (unpaired) electrons. The minimum atomic E-state index is 0.892. The van der Waals surface area contributed by atoms with Crippen LogP contribution in [0, 0.1) is 0 Å². The van der Waals surface area contributed by atoms with Gasteiger partial charge in [-0.05, 0) is 18.4 Å². The lowest BCUT2D eigenvalue weighted by molar-refractivity contribution is 0.578. The second-order valence-corrected chi connectivity index (χ2v) is 5.59. The molecule has 0 saturated carbocycles. The fraction of sp³-hybridized carbons (Fsp3) is 0.556. The molecule has 0 saturated heterocycles. The van der Waals surface area contributed by atoms with Crippen molar-refractivity contribution in [1.29, 1.82) is 0 Å². The van der Waals surface area contributed by atoms with Gasteiger partial charge in [-0.1, -0.05) is 99.9 Å². The monoisotopic (exact) mass is 278 g/mol. The molecule has 0 spiro atoms. The molecule has 0 heterocycles. The van der Waals surface area contributed by atoms with Gasteiger partial charge < -0.3 is 0 Å². The highest BCUT2D eigenvalue weighted by atomic mass is 35.5. The van der Waals surface area contributed by atoms with Gasteiger partial charge in [0.05, 0.1) is 0 Å². The van der Waals surface area contributed by atoms with Crippen LogP contribution in [0.4, 0.5) is 0 Å². The molecule has 0 aromatic heterocycles. The average molecular weight is 279 g/mol. The molecule has 0 atom stereocenters. The Labute approximate surface area is 123 Å². The highest BCUT2D eigenvalue weighted by Crippen LogP contribution is 2.20. The van der Waals surface area contributed by atoms with Crippen molar-refractivity contribution in [2.75, 3.05) is 0 Å². The van der Waals surface area contributed by atoms with Crippen LogP contribution in [0.3, 0.4) is 0 Å². The third kappa shape index (κ3) is 8.10. The maximum atomic E-state index is 6.26. The second-order valence-electron chi connectivity index (χ2n) is 5.18. The van der Waals surface area contributed by atoms with Crippen molar-refractivity contribution >= 4 is 16.6 Å². The Morgan fingerprint density at radius 2 is 1.47 bits per heavy atom. The number of benzene rings is 1. The van der Waals surface area contributed by atoms with Crippen LogP contribution >= 0.6 is 11.6 Å². The molecule has 0 aliphatic rings. The summed E-state index contributed by atoms with van der Waals surface area (Å²) in [6.45, 7) is 2.27. The summed E-state index contributed by atoms with van der Waals surface area (Å²) in [5.41, 5.74) is 1.13. The van der Waals surface area contributed by atoms with Crippen LogP contribution < -0.4 is 0 Å². The topological polar surface area (TPSA) is 0 Å². The number of hydrogen-bond acceptors (Lipinski definition) is 0. The van der Waals surface area contributed by atoms with Crippen LogP contribution in [0.25, 0.3) is 5.03 Å². The Bertz CT molecular complexity index is 340. The molecule has 0 aliphatic heterocycles. The van der Waals surface area contributed by atoms with Crippen LogP contribution in [-0.4, -0.2) is 0 Å². The first-order chi connectivity index (χ1) is 9.34. The van der Waals surface area contributed by atoms with E-state index in [1.54, 1.807) is 0 Å². The van der Waals surface area contributed by atoms with Gasteiger partial charge in [0.15, 0.2) is 0 Å². The van der Waals surface area contributed by atoms with Crippen LogP contribution in [-0.2, 0) is 0 Å². The molecule has 0 unspecified atom stereocenters. The summed E-state index contributed by atoms with van der Waals surface area (Å²) < 4.78 is 0. The predicted octanol–water partition coefficient (Wildman–Crippen LogP) is 6.80. The molecule has 0 aliphatic carbocycles. The number of unbranched alkanes of at least 4 members (excludes halogenated alkanes) is 8. The zero-order valence-corrected chi connectivity index (χ0v) is 13.0. The second kappa shape index (κ2) is 11.1. The van der Waals surface area contributed by atoms with Gasteiger partial charge in [-0.25, -0.2) is 0 Å². The maximum Gasteiger partial charge on any atom is 0.0438 e. The summed E-state index contributed by atoms with van der Waals surface area (Å²) in [7, 11) is 0. The molecule has 0 N–H and O–H groups in total. The molecular weight excluding hydrogens is 252 g/mol. The molecule has 1 aromatic rings. The molecule has 0 nitrogen and oxygen atoms in total. The minimum absolute atomic E-state index is 0.892. The predicted molar refractivity (Wildman–Crippen MR) is 87.5 cm³/mol. The van der Waals surface area contributed by atoms with Crippen molar-refractivity contribution < 1.29 is 0 Å². The van der Waals surface area contributed by atoms with Crippen LogP contribution in [0.5, 0.6) is 0 Å². The van der Waals surface area contributed by atoms with E-state index >= 15 is 0 Å². The lowest BCUT2D eigenvalue weighted by atomic mass is 10.1. The van der Waals surface area contributed by atoms with E-state index in [0.29, 0.717) is 0 Å². The minimum Gasteiger partial charge on any atom is -0.0840 e. The molecule has 106 valence electrons. The van der Waals surface area contributed by atoms with Gasteiger partial charge in [0.1, 0.15) is 0 Å². The van der Waals surface area contributed by atoms with Crippen molar-refractivity contribution in [3.63, 3.8) is 0 Å². The normalized spacial score (nSPS) is 11.8. The van der Waals surface area contributed by atoms with E-state index in [1.165, 1.54) is 51.4 Å². The van der Waals surface area contributed by atoms with Crippen LogP contribution in [0.2, 0.25) is 0 Å². The summed E-state index contributed by atoms with van der Waals surface area (Å²) in [6.07, 6.45) is 14.2. The first-order valence-electron chi connectivity index (χ1n) is 7.75. The summed E-state index contributed by atoms with van der Waals surface area (Å²) >= 11 is 6.26. The quantitative estimate of drug-likeness (QED) is 0.413. The van der Waals surface area contributed by atoms with E-state index < -0.39 is 0 Å². The molecule has 0 bridgehead atoms. The number of allylic oxidation sites excluding steroid dienone is 1. The van der Waals surface area contributed by atoms with E-state index in [2.05, 4.69) is 25.1 Å². The number of halogens is 1. The van der Waals surface area contributed by atoms with Crippen molar-refractivity contribution in [2.24, 2.45) is 0 Å². The Morgan fingerprint density at radius 3 is 2.11 bits per heavy atom. The lowest BCUT2D eigenvalue weighted by Gasteiger charge is -2.01. The molecule has 1 heteroatoms. The largest absolute Gasteiger partial charge is 0.0840 e. The van der Waals surface area contributed by atoms with Crippen molar-refractivity contribution in [2.45, 2.75) is 64.7 Å². The molecule has 0 fully saturated rings. The molecular formula is C18H27Cl. The van der Waals surface area contributed by atoms with E-state index in [9.17, 15) is 0 Å². The van der Waals surface area contributed by atoms with Gasteiger partial charge in [0.2, 0.25) is 0 Å². The highest BCUT2D eigenvalue weighted by molar-refractivity contribution is 6.48. The van der Waals surface area contributed by atoms with Crippen molar-refractivity contribution in [3.05, 3.63) is 42.0 Å². The van der Waals surface area contributed by atoms with E-state index in [1.807, 2.05) is 18.2 Å². The molecule has 1 rings (SSSR count). The number of rotatable bonds is 10. The number of hydrogen-bond donors (Lipinski definition) is 0. The Morgan fingerprint density at radius 1 is 0.895 bits per heavy atom. The van der Waals surface area contributed by atoms with Crippen molar-refractivity contribution in [1.82, 2.24) is 0 Å². The van der Waals surface area contributed by atoms with Gasteiger partial charge in [0.25, 0.3) is 0 Å². The van der Waals surface area contributed by atoms with Crippen LogP contribution in [0.15, 0.2) is 36.4 Å². The zero-order chi connectivity index (χ0) is 13.8. The first-order valence-corrected chi connectivity index (χ1v) is 8.13. The van der Waals surface area contributed by atoms with Gasteiger partial charge in [0, 0.05) is 5.03 Å². The standard InChI is InChI=1S/C18H27Cl/c1-2-3-4-5-6-7-8-9-13-16-18(19)17-14-11-10-12-15-17/h10-12,14-16H,2-9,13H2,1H3/b18-16+. The van der Waals surface area contributed by atoms with Gasteiger partial charge in [-0.15, -0.1) is 0 Å². The average Bonchev–Trinajstić information content (AvgIpc) is 2.46. The van der Waals surface area contributed by atoms with E-state index in [-0.39, 0.29) is 0 Å². The summed E-state index contributed by atoms with van der Waals surface area (Å²) in [5.74, 6) is 0. The van der Waals surface area contributed by atoms with Crippen molar-refractivity contribution in [3.8, 4) is 0 Å². The fourth-order valence-corrected chi connectivity index (χ4v) is 2.46. The third-order valence-corrected chi connectivity index (χ3v) is 3.80. The van der Waals surface area contributed by atoms with Gasteiger partial charge in [-0.2, -0.15) is 0 Å². The third-order valence-electron chi connectivity index (χ3n) is 3.43. The Kier molecular flexibility index (Phi) is 9.53. The SMILES string of the molecule is CCCCCCCCCC/C=C(/Cl)c1ccccc1. The fourth-order valence-electron chi connectivity index (χ4n) is 2.22. The highest BCUT2D eigenvalue weighted by Gasteiger charge is 1.96. The van der Waals surface area contributed by atoms with E-state index in [4.69, 9.17) is 11.6 Å². The first kappa shape index (κ1) is 16.3. The lowest BCUT2D eigenvalue weighted by Crippen LogP contribution is -1.81. The molecule has 19 heavy (non-hydrogen) atoms. The van der Waals surface area contributed by atoms with Crippen LogP contribution in [0.1, 0.15) is 70.3 Å². The van der Waals surface area contributed by atoms with Gasteiger partial charge >= 0.3 is 0 Å². The summed E-state index contributed by atoms with van der Waals surface area (Å²) in [4.78, 5) is 0. The summed E-state index contributed by atoms with van der Waals surface area (Å²) in [5, 5.41) is 0.892. The van der Waals surface area contributed by atoms with E-state index in [0.717, 1.165) is 17.0 Å².